The minimum absolute atomic E-state index is 0.0941. The molecular weight excluding hydrogens is 392 g/mol. The molecule has 0 bridgehead atoms. The number of amides is 1. The highest BCUT2D eigenvalue weighted by molar-refractivity contribution is 5.99. The summed E-state index contributed by atoms with van der Waals surface area (Å²) in [5.74, 6) is -2.18. The van der Waals surface area contributed by atoms with Crippen LogP contribution >= 0.6 is 0 Å². The SMILES string of the molecule is CCOC(=O)C1CCCCN1C(=O)COC(=O)c1[nH]c(C)c(C(=O)OC(C)C)c1C. The van der Waals surface area contributed by atoms with Gasteiger partial charge in [0.1, 0.15) is 11.7 Å². The van der Waals surface area contributed by atoms with Crippen LogP contribution < -0.4 is 0 Å². The lowest BCUT2D eigenvalue weighted by Gasteiger charge is -2.33. The average molecular weight is 422 g/mol. The third-order valence-corrected chi connectivity index (χ3v) is 4.90. The van der Waals surface area contributed by atoms with Gasteiger partial charge in [0.15, 0.2) is 6.61 Å². The van der Waals surface area contributed by atoms with Gasteiger partial charge in [-0.2, -0.15) is 0 Å². The molecule has 1 saturated heterocycles. The van der Waals surface area contributed by atoms with E-state index in [1.54, 1.807) is 34.6 Å². The molecule has 0 aliphatic carbocycles. The quantitative estimate of drug-likeness (QED) is 0.529. The lowest BCUT2D eigenvalue weighted by Crippen LogP contribution is -2.50. The number of aromatic amines is 1. The average Bonchev–Trinajstić information content (AvgIpc) is 2.99. The molecule has 1 N–H and O–H groups in total. The van der Waals surface area contributed by atoms with Crippen LogP contribution in [-0.2, 0) is 23.8 Å². The number of carbonyl (C=O) groups is 4. The number of rotatable bonds is 7. The number of carbonyl (C=O) groups excluding carboxylic acids is 4. The second-order valence-electron chi connectivity index (χ2n) is 7.51. The van der Waals surface area contributed by atoms with Gasteiger partial charge in [-0.15, -0.1) is 0 Å². The Bertz CT molecular complexity index is 813. The standard InChI is InChI=1S/C21H30N2O7/c1-6-28-19(25)15-9-7-8-10-23(15)16(24)11-29-21(27)18-13(4)17(14(5)22-18)20(26)30-12(2)3/h12,15,22H,6-11H2,1-5H3. The molecule has 0 spiro atoms. The molecule has 1 atom stereocenters. The first-order chi connectivity index (χ1) is 14.2. The van der Waals surface area contributed by atoms with E-state index in [0.717, 1.165) is 12.8 Å². The molecule has 0 radical (unpaired) electrons. The molecule has 166 valence electrons. The summed E-state index contributed by atoms with van der Waals surface area (Å²) in [5.41, 5.74) is 1.25. The van der Waals surface area contributed by atoms with Gasteiger partial charge >= 0.3 is 17.9 Å². The first-order valence-electron chi connectivity index (χ1n) is 10.2. The lowest BCUT2D eigenvalue weighted by atomic mass is 10.0. The van der Waals surface area contributed by atoms with E-state index in [1.165, 1.54) is 4.90 Å². The minimum atomic E-state index is -0.753. The Hall–Kier alpha value is -2.84. The maximum absolute atomic E-state index is 12.6. The van der Waals surface area contributed by atoms with Crippen molar-refractivity contribution in [2.24, 2.45) is 0 Å². The van der Waals surface area contributed by atoms with E-state index in [4.69, 9.17) is 14.2 Å². The maximum Gasteiger partial charge on any atom is 0.355 e. The summed E-state index contributed by atoms with van der Waals surface area (Å²) in [5, 5.41) is 0. The predicted octanol–water partition coefficient (Wildman–Crippen LogP) is 2.30. The Kier molecular flexibility index (Phi) is 8.02. The monoisotopic (exact) mass is 422 g/mol. The van der Waals surface area contributed by atoms with E-state index >= 15 is 0 Å². The largest absolute Gasteiger partial charge is 0.464 e. The highest BCUT2D eigenvalue weighted by Gasteiger charge is 2.34. The van der Waals surface area contributed by atoms with Crippen LogP contribution in [0.2, 0.25) is 0 Å². The predicted molar refractivity (Wildman–Crippen MR) is 107 cm³/mol. The molecule has 1 aromatic rings. The third-order valence-electron chi connectivity index (χ3n) is 4.90. The van der Waals surface area contributed by atoms with E-state index < -0.39 is 36.5 Å². The van der Waals surface area contributed by atoms with Crippen LogP contribution in [0, 0.1) is 13.8 Å². The fourth-order valence-electron chi connectivity index (χ4n) is 3.53. The Morgan fingerprint density at radius 2 is 1.80 bits per heavy atom. The van der Waals surface area contributed by atoms with E-state index in [-0.39, 0.29) is 24.0 Å². The maximum atomic E-state index is 12.6. The van der Waals surface area contributed by atoms with Crippen molar-refractivity contribution in [1.82, 2.24) is 9.88 Å². The summed E-state index contributed by atoms with van der Waals surface area (Å²) in [6.07, 6.45) is 1.82. The van der Waals surface area contributed by atoms with Crippen molar-refractivity contribution < 1.29 is 33.4 Å². The minimum Gasteiger partial charge on any atom is -0.464 e. The molecule has 9 nitrogen and oxygen atoms in total. The van der Waals surface area contributed by atoms with Gasteiger partial charge in [0.25, 0.3) is 5.91 Å². The molecule has 9 heteroatoms. The van der Waals surface area contributed by atoms with Gasteiger partial charge in [-0.3, -0.25) is 4.79 Å². The van der Waals surface area contributed by atoms with Crippen molar-refractivity contribution >= 4 is 23.8 Å². The van der Waals surface area contributed by atoms with Crippen LogP contribution in [0.5, 0.6) is 0 Å². The van der Waals surface area contributed by atoms with Gasteiger partial charge in [0.05, 0.1) is 18.3 Å². The summed E-state index contributed by atoms with van der Waals surface area (Å²) in [6.45, 7) is 8.59. The van der Waals surface area contributed by atoms with Crippen molar-refractivity contribution in [3.63, 3.8) is 0 Å². The van der Waals surface area contributed by atoms with Crippen molar-refractivity contribution in [2.45, 2.75) is 66.0 Å². The number of esters is 3. The number of ether oxygens (including phenoxy) is 3. The molecule has 1 fully saturated rings. The Labute approximate surface area is 176 Å². The summed E-state index contributed by atoms with van der Waals surface area (Å²) in [7, 11) is 0. The second kappa shape index (κ2) is 10.3. The summed E-state index contributed by atoms with van der Waals surface area (Å²) in [6, 6.07) is -0.656. The summed E-state index contributed by atoms with van der Waals surface area (Å²) >= 11 is 0. The molecule has 1 amide bonds. The Balaban J connectivity index is 2.05. The number of piperidine rings is 1. The molecule has 30 heavy (non-hydrogen) atoms. The van der Waals surface area contributed by atoms with Gasteiger partial charge < -0.3 is 24.1 Å². The molecule has 1 aliphatic heterocycles. The number of aromatic nitrogens is 1. The molecule has 1 unspecified atom stereocenters. The third kappa shape index (κ3) is 5.40. The highest BCUT2D eigenvalue weighted by atomic mass is 16.5. The smallest absolute Gasteiger partial charge is 0.355 e. The fourth-order valence-corrected chi connectivity index (χ4v) is 3.53. The van der Waals surface area contributed by atoms with Crippen molar-refractivity contribution in [3.8, 4) is 0 Å². The first-order valence-corrected chi connectivity index (χ1v) is 10.2. The van der Waals surface area contributed by atoms with Crippen LogP contribution in [0.15, 0.2) is 0 Å². The van der Waals surface area contributed by atoms with Crippen LogP contribution in [0.25, 0.3) is 0 Å². The number of likely N-dealkylation sites (tertiary alicyclic amines) is 1. The van der Waals surface area contributed by atoms with Gasteiger partial charge in [0, 0.05) is 12.2 Å². The number of aryl methyl sites for hydroxylation is 1. The normalized spacial score (nSPS) is 16.3. The van der Waals surface area contributed by atoms with Crippen molar-refractivity contribution in [2.75, 3.05) is 19.8 Å². The highest BCUT2D eigenvalue weighted by Crippen LogP contribution is 2.21. The van der Waals surface area contributed by atoms with Crippen molar-refractivity contribution in [3.05, 3.63) is 22.5 Å². The number of nitrogens with one attached hydrogen (secondary N) is 1. The van der Waals surface area contributed by atoms with Crippen molar-refractivity contribution in [1.29, 1.82) is 0 Å². The van der Waals surface area contributed by atoms with Crippen LogP contribution in [0.3, 0.4) is 0 Å². The van der Waals surface area contributed by atoms with Gasteiger partial charge in [0.2, 0.25) is 0 Å². The molecular formula is C21H30N2O7. The topological polar surface area (TPSA) is 115 Å². The van der Waals surface area contributed by atoms with Gasteiger partial charge in [-0.1, -0.05) is 0 Å². The summed E-state index contributed by atoms with van der Waals surface area (Å²) < 4.78 is 15.4. The first kappa shape index (κ1) is 23.4. The second-order valence-corrected chi connectivity index (χ2v) is 7.51. The van der Waals surface area contributed by atoms with Gasteiger partial charge in [-0.25, -0.2) is 14.4 Å². The van der Waals surface area contributed by atoms with Gasteiger partial charge in [-0.05, 0) is 59.4 Å². The molecule has 2 rings (SSSR count). The summed E-state index contributed by atoms with van der Waals surface area (Å²) in [4.78, 5) is 53.7. The van der Waals surface area contributed by atoms with Crippen LogP contribution in [0.1, 0.15) is 72.1 Å². The lowest BCUT2D eigenvalue weighted by molar-refractivity contribution is -0.157. The Morgan fingerprint density at radius 3 is 2.43 bits per heavy atom. The number of H-pyrrole nitrogens is 1. The molecule has 1 aromatic heterocycles. The van der Waals surface area contributed by atoms with Crippen LogP contribution in [0.4, 0.5) is 0 Å². The molecule has 0 aromatic carbocycles. The zero-order valence-corrected chi connectivity index (χ0v) is 18.2. The number of hydrogen-bond donors (Lipinski definition) is 1. The number of hydrogen-bond acceptors (Lipinski definition) is 7. The fraction of sp³-hybridized carbons (Fsp3) is 0.619. The zero-order valence-electron chi connectivity index (χ0n) is 18.2. The number of nitrogens with zero attached hydrogens (tertiary/aromatic N) is 1. The molecule has 0 saturated carbocycles. The Morgan fingerprint density at radius 1 is 1.10 bits per heavy atom. The van der Waals surface area contributed by atoms with E-state index in [9.17, 15) is 19.2 Å². The van der Waals surface area contributed by atoms with Crippen LogP contribution in [-0.4, -0.2) is 65.6 Å². The molecule has 2 heterocycles. The molecule has 1 aliphatic rings. The van der Waals surface area contributed by atoms with E-state index in [0.29, 0.717) is 24.2 Å². The van der Waals surface area contributed by atoms with E-state index in [2.05, 4.69) is 4.98 Å². The van der Waals surface area contributed by atoms with E-state index in [1.807, 2.05) is 0 Å². The zero-order chi connectivity index (χ0) is 22.4.